The summed E-state index contributed by atoms with van der Waals surface area (Å²) < 4.78 is 0. The van der Waals surface area contributed by atoms with E-state index in [1.54, 1.807) is 60.7 Å². The molecule has 3 rings (SSSR count). The highest BCUT2D eigenvalue weighted by molar-refractivity contribution is 7.15. The van der Waals surface area contributed by atoms with E-state index in [-0.39, 0.29) is 29.6 Å². The van der Waals surface area contributed by atoms with E-state index in [9.17, 15) is 39.5 Å². The fourth-order valence-corrected chi connectivity index (χ4v) is 6.42. The summed E-state index contributed by atoms with van der Waals surface area (Å²) in [7, 11) is 1.61. The smallest absolute Gasteiger partial charge is 0.411 e. The number of nitrogens with one attached hydrogen (secondary N) is 3. The number of aromatic nitrogens is 1. The monoisotopic (exact) mass is 697 g/mol. The summed E-state index contributed by atoms with van der Waals surface area (Å²) in [6.45, 7) is 11.8. The van der Waals surface area contributed by atoms with Crippen molar-refractivity contribution >= 4 is 51.8 Å². The molecule has 3 aromatic rings. The molecule has 1 unspecified atom stereocenters. The van der Waals surface area contributed by atoms with Gasteiger partial charge in [0.1, 0.15) is 0 Å². The summed E-state index contributed by atoms with van der Waals surface area (Å²) >= 11 is 1.25. The van der Waals surface area contributed by atoms with Crippen LogP contribution in [0.25, 0.3) is 0 Å². The number of nitro groups is 1. The first-order valence-corrected chi connectivity index (χ1v) is 16.1. The number of hydrogen-bond acceptors (Lipinski definition) is 9. The molecule has 16 heteroatoms. The number of nitro benzene ring substituents is 1. The van der Waals surface area contributed by atoms with Crippen LogP contribution in [0.5, 0.6) is 0 Å². The van der Waals surface area contributed by atoms with E-state index in [1.165, 1.54) is 47.4 Å². The average molecular weight is 698 g/mol. The zero-order chi connectivity index (χ0) is 36.9. The van der Waals surface area contributed by atoms with E-state index in [1.807, 2.05) is 12.1 Å². The lowest BCUT2D eigenvalue weighted by Gasteiger charge is -2.55. The number of carbonyl (C=O) groups is 4. The molecule has 0 aliphatic carbocycles. The molecule has 1 atom stereocenters. The van der Waals surface area contributed by atoms with E-state index in [4.69, 9.17) is 0 Å². The number of thiazole rings is 1. The van der Waals surface area contributed by atoms with Crippen molar-refractivity contribution in [1.82, 2.24) is 20.1 Å². The second-order valence-electron chi connectivity index (χ2n) is 13.5. The minimum atomic E-state index is -1.75. The van der Waals surface area contributed by atoms with Crippen LogP contribution in [0.3, 0.4) is 0 Å². The van der Waals surface area contributed by atoms with E-state index >= 15 is 0 Å². The lowest BCUT2D eigenvalue weighted by atomic mass is 9.82. The molecule has 0 spiro atoms. The number of aryl methyl sites for hydroxylation is 2. The van der Waals surface area contributed by atoms with Gasteiger partial charge in [-0.15, -0.1) is 0 Å². The van der Waals surface area contributed by atoms with Crippen molar-refractivity contribution in [3.8, 4) is 0 Å². The summed E-state index contributed by atoms with van der Waals surface area (Å²) in [6, 6.07) is 12.5. The van der Waals surface area contributed by atoms with Crippen LogP contribution in [0, 0.1) is 15.5 Å². The number of carbonyl (C=O) groups excluding carboxylic acids is 2. The molecule has 15 nitrogen and oxygen atoms in total. The van der Waals surface area contributed by atoms with Crippen molar-refractivity contribution in [2.45, 2.75) is 79.2 Å². The SMILES string of the molecule is CC(=O)Nc1nc(CCc2ccc(NC(NC(=O)O)(N(C(=O)O)C(C)(C)C)C(C)(C)C)cc2)c(CN(C)C(=O)c2ccc([N+](=O)[O-])cc2)s1. The van der Waals surface area contributed by atoms with Crippen LogP contribution in [0.15, 0.2) is 48.5 Å². The Morgan fingerprint density at radius 3 is 2.00 bits per heavy atom. The number of non-ortho nitro benzene ring substituents is 1. The minimum absolute atomic E-state index is 0.120. The molecule has 0 bridgehead atoms. The van der Waals surface area contributed by atoms with Crippen molar-refractivity contribution in [3.63, 3.8) is 0 Å². The van der Waals surface area contributed by atoms with Gasteiger partial charge in [-0.3, -0.25) is 29.9 Å². The predicted molar refractivity (Wildman–Crippen MR) is 186 cm³/mol. The van der Waals surface area contributed by atoms with E-state index in [0.29, 0.717) is 29.4 Å². The lowest BCUT2D eigenvalue weighted by molar-refractivity contribution is -0.384. The first-order valence-electron chi connectivity index (χ1n) is 15.3. The zero-order valence-electron chi connectivity index (χ0n) is 28.8. The Labute approximate surface area is 288 Å². The molecule has 5 N–H and O–H groups in total. The number of anilines is 2. The molecule has 0 radical (unpaired) electrons. The van der Waals surface area contributed by atoms with Gasteiger partial charge in [-0.05, 0) is 63.4 Å². The number of rotatable bonds is 12. The molecule has 0 saturated carbocycles. The van der Waals surface area contributed by atoms with Gasteiger partial charge in [-0.25, -0.2) is 14.6 Å². The largest absolute Gasteiger partial charge is 0.465 e. The third kappa shape index (κ3) is 9.43. The molecule has 49 heavy (non-hydrogen) atoms. The molecular weight excluding hydrogens is 654 g/mol. The molecule has 0 aliphatic rings. The maximum Gasteiger partial charge on any atom is 0.411 e. The van der Waals surface area contributed by atoms with Crippen LogP contribution in [0.1, 0.15) is 75.0 Å². The predicted octanol–water partition coefficient (Wildman–Crippen LogP) is 6.23. The molecule has 1 heterocycles. The average Bonchev–Trinajstić information content (AvgIpc) is 3.34. The fraction of sp³-hybridized carbons (Fsp3) is 0.424. The molecular formula is C33H43N7O8S. The molecule has 264 valence electrons. The van der Waals surface area contributed by atoms with Gasteiger partial charge >= 0.3 is 12.2 Å². The molecule has 0 aliphatic heterocycles. The van der Waals surface area contributed by atoms with Gasteiger partial charge < -0.3 is 25.7 Å². The highest BCUT2D eigenvalue weighted by Crippen LogP contribution is 2.39. The van der Waals surface area contributed by atoms with Crippen molar-refractivity contribution in [3.05, 3.63) is 80.3 Å². The number of carboxylic acid groups (broad SMARTS) is 2. The Hall–Kier alpha value is -5.25. The first-order chi connectivity index (χ1) is 22.6. The second-order valence-corrected chi connectivity index (χ2v) is 14.6. The summed E-state index contributed by atoms with van der Waals surface area (Å²) in [4.78, 5) is 67.8. The summed E-state index contributed by atoms with van der Waals surface area (Å²) in [5.41, 5.74) is 0.296. The normalized spacial score (nSPS) is 12.7. The molecule has 2 aromatic carbocycles. The van der Waals surface area contributed by atoms with E-state index in [2.05, 4.69) is 20.9 Å². The second kappa shape index (κ2) is 14.9. The minimum Gasteiger partial charge on any atom is -0.465 e. The van der Waals surface area contributed by atoms with Crippen molar-refractivity contribution in [1.29, 1.82) is 0 Å². The number of hydrogen-bond donors (Lipinski definition) is 5. The van der Waals surface area contributed by atoms with Crippen LogP contribution < -0.4 is 16.0 Å². The topological polar surface area (TPSA) is 207 Å². The van der Waals surface area contributed by atoms with Gasteiger partial charge in [0, 0.05) is 53.2 Å². The highest BCUT2D eigenvalue weighted by Gasteiger charge is 2.54. The highest BCUT2D eigenvalue weighted by atomic mass is 32.1. The molecule has 0 saturated heterocycles. The number of nitrogens with zero attached hydrogens (tertiary/aromatic N) is 4. The van der Waals surface area contributed by atoms with Crippen LogP contribution in [0.4, 0.5) is 26.1 Å². The van der Waals surface area contributed by atoms with Crippen LogP contribution in [-0.2, 0) is 24.2 Å². The van der Waals surface area contributed by atoms with Crippen LogP contribution in [0.2, 0.25) is 0 Å². The quantitative estimate of drug-likeness (QED) is 0.0819. The fourth-order valence-electron chi connectivity index (χ4n) is 5.31. The number of amides is 4. The van der Waals surface area contributed by atoms with Gasteiger partial charge in [-0.1, -0.05) is 44.2 Å². The van der Waals surface area contributed by atoms with Crippen LogP contribution in [-0.4, -0.2) is 72.3 Å². The lowest BCUT2D eigenvalue weighted by Crippen LogP contribution is -2.76. The first kappa shape index (κ1) is 38.2. The number of benzene rings is 2. The van der Waals surface area contributed by atoms with Gasteiger partial charge in [0.25, 0.3) is 11.6 Å². The van der Waals surface area contributed by atoms with Gasteiger partial charge in [0.05, 0.1) is 17.2 Å². The molecule has 4 amide bonds. The third-order valence-corrected chi connectivity index (χ3v) is 8.61. The Balaban J connectivity index is 1.85. The standard InChI is InChI=1S/C33H43N7O8S/c1-20(41)34-28-35-25(26(49-28)19-38(8)27(42)22-12-16-24(17-13-22)40(47)48)18-11-21-9-14-23(15-10-21)36-33(31(2,3)4,37-29(43)44)39(30(45)46)32(5,6)7/h9-10,12-17,36-37H,11,18-19H2,1-8H3,(H,43,44)(H,45,46)(H,34,35,41). The Morgan fingerprint density at radius 2 is 1.53 bits per heavy atom. The Bertz CT molecular complexity index is 1700. The summed E-state index contributed by atoms with van der Waals surface area (Å²) in [5, 5.41) is 39.7. The van der Waals surface area contributed by atoms with Crippen molar-refractivity contribution in [2.24, 2.45) is 5.41 Å². The van der Waals surface area contributed by atoms with Gasteiger partial charge in [0.2, 0.25) is 11.7 Å². The third-order valence-electron chi connectivity index (χ3n) is 7.61. The van der Waals surface area contributed by atoms with Crippen molar-refractivity contribution in [2.75, 3.05) is 17.7 Å². The Kier molecular flexibility index (Phi) is 11.6. The molecule has 0 fully saturated rings. The zero-order valence-corrected chi connectivity index (χ0v) is 29.6. The Morgan fingerprint density at radius 1 is 0.939 bits per heavy atom. The maximum absolute atomic E-state index is 13.1. The van der Waals surface area contributed by atoms with E-state index < -0.39 is 33.9 Å². The summed E-state index contributed by atoms with van der Waals surface area (Å²) in [5.74, 6) is -2.38. The maximum atomic E-state index is 13.1. The molecule has 1 aromatic heterocycles. The van der Waals surface area contributed by atoms with Crippen LogP contribution >= 0.6 is 11.3 Å². The van der Waals surface area contributed by atoms with Crippen molar-refractivity contribution < 1.29 is 34.3 Å². The van der Waals surface area contributed by atoms with E-state index in [0.717, 1.165) is 15.3 Å². The summed E-state index contributed by atoms with van der Waals surface area (Å²) in [6.07, 6.45) is -1.72. The van der Waals surface area contributed by atoms with Gasteiger partial charge in [0.15, 0.2) is 5.13 Å². The van der Waals surface area contributed by atoms with Gasteiger partial charge in [-0.2, -0.15) is 0 Å².